The van der Waals surface area contributed by atoms with Gasteiger partial charge in [-0.05, 0) is 55.6 Å². The summed E-state index contributed by atoms with van der Waals surface area (Å²) in [5.41, 5.74) is 1.46. The summed E-state index contributed by atoms with van der Waals surface area (Å²) >= 11 is 7.88. The molecule has 28 heavy (non-hydrogen) atoms. The molecule has 0 saturated carbocycles. The highest BCUT2D eigenvalue weighted by Gasteiger charge is 2.10. The second-order valence-electron chi connectivity index (χ2n) is 5.85. The Balaban J connectivity index is 1.55. The van der Waals surface area contributed by atoms with Crippen molar-refractivity contribution >= 4 is 40.2 Å². The summed E-state index contributed by atoms with van der Waals surface area (Å²) in [7, 11) is 0. The number of thioether (sulfide) groups is 1. The van der Waals surface area contributed by atoms with Crippen molar-refractivity contribution in [1.82, 2.24) is 4.98 Å². The van der Waals surface area contributed by atoms with Crippen LogP contribution in [0.3, 0.4) is 0 Å². The van der Waals surface area contributed by atoms with Crippen molar-refractivity contribution in [2.75, 3.05) is 19.5 Å². The van der Waals surface area contributed by atoms with Gasteiger partial charge < -0.3 is 14.2 Å². The molecule has 0 radical (unpaired) electrons. The molecule has 0 unspecified atom stereocenters. The molecule has 5 nitrogen and oxygen atoms in total. The van der Waals surface area contributed by atoms with Crippen molar-refractivity contribution in [2.24, 2.45) is 0 Å². The van der Waals surface area contributed by atoms with E-state index in [1.165, 1.54) is 0 Å². The Morgan fingerprint density at radius 3 is 2.46 bits per heavy atom. The Morgan fingerprint density at radius 1 is 1.07 bits per heavy atom. The first-order valence-electron chi connectivity index (χ1n) is 8.73. The fraction of sp³-hybridized carbons (Fsp3) is 0.238. The summed E-state index contributed by atoms with van der Waals surface area (Å²) in [5.74, 6) is 0.832. The van der Waals surface area contributed by atoms with E-state index in [0.29, 0.717) is 23.1 Å². The summed E-state index contributed by atoms with van der Waals surface area (Å²) < 4.78 is 16.1. The predicted molar refractivity (Wildman–Crippen MR) is 111 cm³/mol. The summed E-state index contributed by atoms with van der Waals surface area (Å²) in [6, 6.07) is 14.9. The molecule has 0 N–H and O–H groups in total. The normalized spacial score (nSPS) is 10.7. The summed E-state index contributed by atoms with van der Waals surface area (Å²) in [4.78, 5) is 17.5. The van der Waals surface area contributed by atoms with Gasteiger partial charge in [0.05, 0.1) is 12.1 Å². The zero-order valence-electron chi connectivity index (χ0n) is 15.6. The molecule has 2 aromatic carbocycles. The maximum Gasteiger partial charge on any atom is 0.344 e. The van der Waals surface area contributed by atoms with Gasteiger partial charge in [0, 0.05) is 15.8 Å². The van der Waals surface area contributed by atoms with Crippen LogP contribution in [-0.2, 0) is 16.1 Å². The van der Waals surface area contributed by atoms with Gasteiger partial charge in [-0.2, -0.15) is 0 Å². The average molecular weight is 418 g/mol. The van der Waals surface area contributed by atoms with Crippen LogP contribution < -0.4 is 9.47 Å². The Hall–Kier alpha value is -2.44. The molecule has 0 aliphatic carbocycles. The van der Waals surface area contributed by atoms with Crippen molar-refractivity contribution in [3.05, 3.63) is 59.2 Å². The van der Waals surface area contributed by atoms with Crippen molar-refractivity contribution in [3.63, 3.8) is 0 Å². The standard InChI is InChI=1S/C21H20ClNO4S/c1-3-25-16-5-7-17(8-6-16)26-13-20(24)27-12-15-10-14-4-9-18(28-2)11-19(14)23-21(15)22/h4-11H,3,12-13H2,1-2H3. The van der Waals surface area contributed by atoms with Crippen LogP contribution in [0.15, 0.2) is 53.4 Å². The molecule has 1 heterocycles. The first-order chi connectivity index (χ1) is 13.6. The van der Waals surface area contributed by atoms with Gasteiger partial charge in [0.2, 0.25) is 0 Å². The monoisotopic (exact) mass is 417 g/mol. The summed E-state index contributed by atoms with van der Waals surface area (Å²) in [6.07, 6.45) is 2.01. The first-order valence-corrected chi connectivity index (χ1v) is 10.3. The molecule has 0 aliphatic heterocycles. The molecule has 0 atom stereocenters. The maximum atomic E-state index is 12.0. The van der Waals surface area contributed by atoms with Gasteiger partial charge in [-0.1, -0.05) is 17.7 Å². The van der Waals surface area contributed by atoms with Crippen LogP contribution in [0, 0.1) is 0 Å². The van der Waals surface area contributed by atoms with Crippen molar-refractivity contribution in [3.8, 4) is 11.5 Å². The van der Waals surface area contributed by atoms with E-state index in [4.69, 9.17) is 25.8 Å². The van der Waals surface area contributed by atoms with Crippen molar-refractivity contribution in [1.29, 1.82) is 0 Å². The first kappa shape index (κ1) is 20.3. The van der Waals surface area contributed by atoms with E-state index in [2.05, 4.69) is 4.98 Å². The number of benzene rings is 2. The number of esters is 1. The fourth-order valence-corrected chi connectivity index (χ4v) is 3.17. The van der Waals surface area contributed by atoms with Crippen LogP contribution in [0.5, 0.6) is 11.5 Å². The number of pyridine rings is 1. The highest BCUT2D eigenvalue weighted by Crippen LogP contribution is 2.25. The molecule has 0 fully saturated rings. The number of carbonyl (C=O) groups is 1. The maximum absolute atomic E-state index is 12.0. The molecule has 0 amide bonds. The second kappa shape index (κ2) is 9.66. The third kappa shape index (κ3) is 5.30. The number of aromatic nitrogens is 1. The van der Waals surface area contributed by atoms with Crippen LogP contribution in [0.25, 0.3) is 10.9 Å². The molecule has 3 aromatic rings. The predicted octanol–water partition coefficient (Wildman–Crippen LogP) is 5.13. The quantitative estimate of drug-likeness (QED) is 0.287. The third-order valence-corrected chi connectivity index (χ3v) is 4.98. The van der Waals surface area contributed by atoms with Gasteiger partial charge in [0.25, 0.3) is 0 Å². The van der Waals surface area contributed by atoms with Crippen LogP contribution in [0.1, 0.15) is 12.5 Å². The topological polar surface area (TPSA) is 57.7 Å². The van der Waals surface area contributed by atoms with E-state index in [1.807, 2.05) is 37.4 Å². The Labute approximate surface area is 173 Å². The van der Waals surface area contributed by atoms with Gasteiger partial charge in [0.1, 0.15) is 23.3 Å². The van der Waals surface area contributed by atoms with E-state index in [1.54, 1.807) is 36.0 Å². The molecule has 0 saturated heterocycles. The second-order valence-corrected chi connectivity index (χ2v) is 7.09. The molecule has 0 spiro atoms. The van der Waals surface area contributed by atoms with Crippen LogP contribution >= 0.6 is 23.4 Å². The fourth-order valence-electron chi connectivity index (χ4n) is 2.54. The number of ether oxygens (including phenoxy) is 3. The van der Waals surface area contributed by atoms with E-state index >= 15 is 0 Å². The summed E-state index contributed by atoms with van der Waals surface area (Å²) in [5, 5.41) is 1.27. The van der Waals surface area contributed by atoms with E-state index < -0.39 is 5.97 Å². The zero-order chi connectivity index (χ0) is 19.9. The molecule has 0 bridgehead atoms. The van der Waals surface area contributed by atoms with Crippen molar-refractivity contribution in [2.45, 2.75) is 18.4 Å². The highest BCUT2D eigenvalue weighted by atomic mass is 35.5. The molecule has 0 aliphatic rings. The van der Waals surface area contributed by atoms with E-state index in [9.17, 15) is 4.79 Å². The smallest absolute Gasteiger partial charge is 0.344 e. The number of hydrogen-bond acceptors (Lipinski definition) is 6. The molecular formula is C21H20ClNO4S. The molecule has 146 valence electrons. The van der Waals surface area contributed by atoms with Gasteiger partial charge in [-0.25, -0.2) is 9.78 Å². The minimum atomic E-state index is -0.484. The minimum absolute atomic E-state index is 0.0392. The lowest BCUT2D eigenvalue weighted by molar-refractivity contribution is -0.147. The lowest BCUT2D eigenvalue weighted by Gasteiger charge is -2.10. The van der Waals surface area contributed by atoms with E-state index in [-0.39, 0.29) is 13.2 Å². The third-order valence-electron chi connectivity index (χ3n) is 3.93. The molecule has 7 heteroatoms. The largest absolute Gasteiger partial charge is 0.494 e. The molecular weight excluding hydrogens is 398 g/mol. The van der Waals surface area contributed by atoms with Gasteiger partial charge in [0.15, 0.2) is 6.61 Å². The van der Waals surface area contributed by atoms with E-state index in [0.717, 1.165) is 21.5 Å². The Kier molecular flexibility index (Phi) is 7.01. The van der Waals surface area contributed by atoms with Gasteiger partial charge in [-0.3, -0.25) is 0 Å². The van der Waals surface area contributed by atoms with Gasteiger partial charge in [-0.15, -0.1) is 11.8 Å². The number of hydrogen-bond donors (Lipinski definition) is 0. The van der Waals surface area contributed by atoms with Crippen LogP contribution in [0.2, 0.25) is 5.15 Å². The van der Waals surface area contributed by atoms with Crippen LogP contribution in [0.4, 0.5) is 0 Å². The number of halogens is 1. The number of nitrogens with zero attached hydrogens (tertiary/aromatic N) is 1. The number of fused-ring (bicyclic) bond motifs is 1. The molecule has 3 rings (SSSR count). The SMILES string of the molecule is CCOc1ccc(OCC(=O)OCc2cc3ccc(SC)cc3nc2Cl)cc1. The molecule has 1 aromatic heterocycles. The average Bonchev–Trinajstić information content (AvgIpc) is 2.71. The highest BCUT2D eigenvalue weighted by molar-refractivity contribution is 7.98. The van der Waals surface area contributed by atoms with Crippen molar-refractivity contribution < 1.29 is 19.0 Å². The Bertz CT molecular complexity index is 963. The minimum Gasteiger partial charge on any atom is -0.494 e. The zero-order valence-corrected chi connectivity index (χ0v) is 17.2. The summed E-state index contributed by atoms with van der Waals surface area (Å²) in [6.45, 7) is 2.36. The number of carbonyl (C=O) groups excluding carboxylic acids is 1. The number of rotatable bonds is 8. The lowest BCUT2D eigenvalue weighted by atomic mass is 10.2. The Morgan fingerprint density at radius 2 is 1.79 bits per heavy atom. The van der Waals surface area contributed by atoms with Crippen LogP contribution in [-0.4, -0.2) is 30.4 Å². The van der Waals surface area contributed by atoms with Gasteiger partial charge >= 0.3 is 5.97 Å². The lowest BCUT2D eigenvalue weighted by Crippen LogP contribution is -2.15.